The normalized spacial score (nSPS) is 18.4. The lowest BCUT2D eigenvalue weighted by atomic mass is 9.95. The lowest BCUT2D eigenvalue weighted by Gasteiger charge is -2.32. The van der Waals surface area contributed by atoms with Gasteiger partial charge in [0.2, 0.25) is 10.0 Å². The number of aliphatic hydroxyl groups is 1. The van der Waals surface area contributed by atoms with Gasteiger partial charge in [-0.2, -0.15) is 0 Å². The van der Waals surface area contributed by atoms with E-state index in [9.17, 15) is 17.9 Å². The second-order valence-corrected chi connectivity index (χ2v) is 6.69. The summed E-state index contributed by atoms with van der Waals surface area (Å²) in [6, 6.07) is 3.24. The van der Waals surface area contributed by atoms with E-state index in [4.69, 9.17) is 9.47 Å². The van der Waals surface area contributed by atoms with Gasteiger partial charge in [-0.25, -0.2) is 17.5 Å². The van der Waals surface area contributed by atoms with Crippen molar-refractivity contribution in [3.63, 3.8) is 0 Å². The molecule has 1 aromatic rings. The van der Waals surface area contributed by atoms with Crippen molar-refractivity contribution in [2.24, 2.45) is 0 Å². The summed E-state index contributed by atoms with van der Waals surface area (Å²) in [5, 5.41) is 10.3. The summed E-state index contributed by atoms with van der Waals surface area (Å²) in [7, 11) is -2.68. The molecule has 1 fully saturated rings. The molecule has 21 heavy (non-hydrogen) atoms. The lowest BCUT2D eigenvalue weighted by molar-refractivity contribution is -0.0588. The molecule has 1 aliphatic rings. The number of benzene rings is 1. The number of hydrogen-bond acceptors (Lipinski definition) is 5. The van der Waals surface area contributed by atoms with Crippen LogP contribution in [0, 0.1) is 5.82 Å². The zero-order valence-corrected chi connectivity index (χ0v) is 12.5. The maximum atomic E-state index is 13.3. The van der Waals surface area contributed by atoms with Crippen molar-refractivity contribution in [3.8, 4) is 5.75 Å². The first-order valence-electron chi connectivity index (χ1n) is 6.50. The molecule has 0 aromatic heterocycles. The number of rotatable bonds is 5. The Balaban J connectivity index is 2.17. The molecule has 0 saturated carbocycles. The third kappa shape index (κ3) is 3.91. The molecular weight excluding hydrogens is 301 g/mol. The van der Waals surface area contributed by atoms with Crippen LogP contribution in [-0.2, 0) is 14.8 Å². The van der Waals surface area contributed by atoms with Crippen LogP contribution in [0.5, 0.6) is 5.75 Å². The molecule has 118 valence electrons. The van der Waals surface area contributed by atoms with Gasteiger partial charge in [-0.05, 0) is 18.2 Å². The van der Waals surface area contributed by atoms with E-state index in [0.29, 0.717) is 26.1 Å². The minimum atomic E-state index is -3.98. The Kier molecular flexibility index (Phi) is 4.82. The summed E-state index contributed by atoms with van der Waals surface area (Å²) in [6.45, 7) is 0.599. The van der Waals surface area contributed by atoms with Crippen LogP contribution in [0.3, 0.4) is 0 Å². The van der Waals surface area contributed by atoms with E-state index >= 15 is 0 Å². The maximum Gasteiger partial charge on any atom is 0.244 e. The monoisotopic (exact) mass is 319 g/mol. The van der Waals surface area contributed by atoms with E-state index in [0.717, 1.165) is 12.1 Å². The fourth-order valence-corrected chi connectivity index (χ4v) is 3.39. The summed E-state index contributed by atoms with van der Waals surface area (Å²) in [5.74, 6) is -0.635. The largest absolute Gasteiger partial charge is 0.495 e. The van der Waals surface area contributed by atoms with E-state index < -0.39 is 21.4 Å². The van der Waals surface area contributed by atoms with E-state index in [-0.39, 0.29) is 17.2 Å². The van der Waals surface area contributed by atoms with E-state index in [1.54, 1.807) is 0 Å². The molecule has 1 heterocycles. The third-order valence-electron chi connectivity index (χ3n) is 3.43. The van der Waals surface area contributed by atoms with Crippen LogP contribution in [0.1, 0.15) is 12.8 Å². The Hall–Kier alpha value is -1.22. The van der Waals surface area contributed by atoms with Crippen LogP contribution >= 0.6 is 0 Å². The molecule has 0 unspecified atom stereocenters. The van der Waals surface area contributed by atoms with Crippen molar-refractivity contribution in [2.45, 2.75) is 23.3 Å². The Morgan fingerprint density at radius 2 is 2.10 bits per heavy atom. The highest BCUT2D eigenvalue weighted by atomic mass is 32.2. The smallest absolute Gasteiger partial charge is 0.244 e. The Labute approximate surface area is 122 Å². The van der Waals surface area contributed by atoms with Crippen molar-refractivity contribution >= 4 is 10.0 Å². The zero-order chi connectivity index (χ0) is 15.5. The van der Waals surface area contributed by atoms with Crippen LogP contribution in [0.4, 0.5) is 4.39 Å². The second-order valence-electron chi connectivity index (χ2n) is 4.96. The highest BCUT2D eigenvalue weighted by Gasteiger charge is 2.32. The molecule has 1 saturated heterocycles. The Bertz CT molecular complexity index is 599. The first-order valence-corrected chi connectivity index (χ1v) is 7.98. The fourth-order valence-electron chi connectivity index (χ4n) is 2.10. The molecule has 1 aliphatic heterocycles. The van der Waals surface area contributed by atoms with E-state index in [1.807, 2.05) is 0 Å². The number of ether oxygens (including phenoxy) is 2. The van der Waals surface area contributed by atoms with Crippen LogP contribution in [0.2, 0.25) is 0 Å². The minimum absolute atomic E-state index is 0.0443. The molecule has 6 nitrogen and oxygen atoms in total. The van der Waals surface area contributed by atoms with Gasteiger partial charge in [-0.15, -0.1) is 0 Å². The molecule has 0 aliphatic carbocycles. The number of methoxy groups -OCH3 is 1. The summed E-state index contributed by atoms with van der Waals surface area (Å²) in [6.07, 6.45) is 0.686. The standard InChI is InChI=1S/C13H18FNO5S/c1-19-11-3-2-10(14)8-12(11)21(17,18)15-9-13(16)4-6-20-7-5-13/h2-3,8,15-16H,4-7,9H2,1H3. The van der Waals surface area contributed by atoms with Crippen molar-refractivity contribution in [2.75, 3.05) is 26.9 Å². The highest BCUT2D eigenvalue weighted by Crippen LogP contribution is 2.25. The predicted octanol–water partition coefficient (Wildman–Crippen LogP) is 0.654. The van der Waals surface area contributed by atoms with Gasteiger partial charge < -0.3 is 14.6 Å². The highest BCUT2D eigenvalue weighted by molar-refractivity contribution is 7.89. The van der Waals surface area contributed by atoms with Gasteiger partial charge in [0.1, 0.15) is 16.5 Å². The zero-order valence-electron chi connectivity index (χ0n) is 11.6. The van der Waals surface area contributed by atoms with Gasteiger partial charge in [0.15, 0.2) is 0 Å². The van der Waals surface area contributed by atoms with Crippen molar-refractivity contribution < 1.29 is 27.4 Å². The molecule has 1 aromatic carbocycles. The third-order valence-corrected chi connectivity index (χ3v) is 4.85. The SMILES string of the molecule is COc1ccc(F)cc1S(=O)(=O)NCC1(O)CCOCC1. The minimum Gasteiger partial charge on any atom is -0.495 e. The molecule has 0 atom stereocenters. The van der Waals surface area contributed by atoms with E-state index in [2.05, 4.69) is 4.72 Å². The van der Waals surface area contributed by atoms with Gasteiger partial charge in [-0.1, -0.05) is 0 Å². The van der Waals surface area contributed by atoms with Crippen molar-refractivity contribution in [3.05, 3.63) is 24.0 Å². The van der Waals surface area contributed by atoms with Gasteiger partial charge in [0.05, 0.1) is 12.7 Å². The van der Waals surface area contributed by atoms with Crippen LogP contribution < -0.4 is 9.46 Å². The number of halogens is 1. The summed E-state index contributed by atoms with van der Waals surface area (Å²) in [4.78, 5) is -0.291. The summed E-state index contributed by atoms with van der Waals surface area (Å²) >= 11 is 0. The van der Waals surface area contributed by atoms with Gasteiger partial charge >= 0.3 is 0 Å². The van der Waals surface area contributed by atoms with E-state index in [1.165, 1.54) is 13.2 Å². The molecule has 0 radical (unpaired) electrons. The molecule has 8 heteroatoms. The second kappa shape index (κ2) is 6.27. The average molecular weight is 319 g/mol. The molecular formula is C13H18FNO5S. The quantitative estimate of drug-likeness (QED) is 0.832. The molecule has 2 N–H and O–H groups in total. The van der Waals surface area contributed by atoms with Crippen molar-refractivity contribution in [1.82, 2.24) is 4.72 Å². The van der Waals surface area contributed by atoms with Gasteiger partial charge in [0, 0.05) is 32.6 Å². The van der Waals surface area contributed by atoms with Gasteiger partial charge in [0.25, 0.3) is 0 Å². The number of nitrogens with one attached hydrogen (secondary N) is 1. The molecule has 0 spiro atoms. The predicted molar refractivity (Wildman–Crippen MR) is 73.1 cm³/mol. The molecule has 2 rings (SSSR count). The van der Waals surface area contributed by atoms with Crippen LogP contribution in [-0.4, -0.2) is 46.0 Å². The molecule has 0 bridgehead atoms. The van der Waals surface area contributed by atoms with Gasteiger partial charge in [-0.3, -0.25) is 0 Å². The number of hydrogen-bond donors (Lipinski definition) is 2. The Morgan fingerprint density at radius 1 is 1.43 bits per heavy atom. The lowest BCUT2D eigenvalue weighted by Crippen LogP contribution is -2.46. The van der Waals surface area contributed by atoms with Crippen molar-refractivity contribution in [1.29, 1.82) is 0 Å². The Morgan fingerprint density at radius 3 is 2.71 bits per heavy atom. The fraction of sp³-hybridized carbons (Fsp3) is 0.538. The maximum absolute atomic E-state index is 13.3. The first-order chi connectivity index (χ1) is 9.86. The topological polar surface area (TPSA) is 84.9 Å². The van der Waals surface area contributed by atoms with Crippen LogP contribution in [0.15, 0.2) is 23.1 Å². The number of sulfonamides is 1. The molecule has 0 amide bonds. The summed E-state index contributed by atoms with van der Waals surface area (Å²) in [5.41, 5.74) is -1.15. The first kappa shape index (κ1) is 16.2. The summed E-state index contributed by atoms with van der Waals surface area (Å²) < 4.78 is 50.1. The average Bonchev–Trinajstić information content (AvgIpc) is 2.46. The van der Waals surface area contributed by atoms with Crippen LogP contribution in [0.25, 0.3) is 0 Å².